The molecule has 2 nitrogen and oxygen atoms in total. The Labute approximate surface area is 169 Å². The topological polar surface area (TPSA) is 21.3 Å². The van der Waals surface area contributed by atoms with E-state index in [0.29, 0.717) is 11.3 Å². The second kappa shape index (κ2) is 8.70. The molecule has 0 radical (unpaired) electrons. The third-order valence-corrected chi connectivity index (χ3v) is 5.04. The number of methoxy groups -OCH3 is 1. The summed E-state index contributed by atoms with van der Waals surface area (Å²) in [5.74, 6) is 0.660. The molecule has 0 heterocycles. The Kier molecular flexibility index (Phi) is 6.28. The van der Waals surface area contributed by atoms with Crippen LogP contribution in [0.3, 0.4) is 0 Å². The first-order chi connectivity index (χ1) is 13.8. The van der Waals surface area contributed by atoms with Crippen LogP contribution in [0.4, 0.5) is 13.2 Å². The lowest BCUT2D eigenvalue weighted by atomic mass is 9.96. The molecule has 29 heavy (non-hydrogen) atoms. The Morgan fingerprint density at radius 2 is 1.45 bits per heavy atom. The van der Waals surface area contributed by atoms with Gasteiger partial charge >= 0.3 is 6.18 Å². The van der Waals surface area contributed by atoms with E-state index in [1.54, 1.807) is 7.11 Å². The minimum absolute atomic E-state index is 0.0189. The van der Waals surface area contributed by atoms with Crippen molar-refractivity contribution in [1.82, 2.24) is 5.32 Å². The zero-order chi connectivity index (χ0) is 21.0. The van der Waals surface area contributed by atoms with E-state index in [0.717, 1.165) is 23.3 Å². The van der Waals surface area contributed by atoms with Gasteiger partial charge in [0.2, 0.25) is 0 Å². The van der Waals surface area contributed by atoms with Gasteiger partial charge in [-0.25, -0.2) is 0 Å². The number of ether oxygens (including phenoxy) is 1. The minimum Gasteiger partial charge on any atom is -0.496 e. The van der Waals surface area contributed by atoms with Crippen LogP contribution in [-0.4, -0.2) is 7.11 Å². The quantitative estimate of drug-likeness (QED) is 0.493. The number of benzene rings is 3. The number of hydrogen-bond acceptors (Lipinski definition) is 2. The number of halogens is 3. The summed E-state index contributed by atoms with van der Waals surface area (Å²) in [7, 11) is 1.58. The van der Waals surface area contributed by atoms with Crippen LogP contribution >= 0.6 is 0 Å². The fourth-order valence-electron chi connectivity index (χ4n) is 3.49. The van der Waals surface area contributed by atoms with E-state index in [1.807, 2.05) is 43.3 Å². The molecular weight excluding hydrogens is 375 g/mol. The Hall–Kier alpha value is -2.79. The summed E-state index contributed by atoms with van der Waals surface area (Å²) in [6.45, 7) is 4.14. The zero-order valence-electron chi connectivity index (χ0n) is 16.6. The first-order valence-corrected chi connectivity index (χ1v) is 9.46. The van der Waals surface area contributed by atoms with Gasteiger partial charge in [0.15, 0.2) is 0 Å². The third-order valence-electron chi connectivity index (χ3n) is 5.04. The van der Waals surface area contributed by atoms with E-state index >= 15 is 0 Å². The van der Waals surface area contributed by atoms with Crippen molar-refractivity contribution in [3.05, 3.63) is 89.5 Å². The molecule has 0 aliphatic heterocycles. The van der Waals surface area contributed by atoms with Gasteiger partial charge in [-0.05, 0) is 37.1 Å². The molecule has 0 spiro atoms. The number of alkyl halides is 3. The van der Waals surface area contributed by atoms with Crippen molar-refractivity contribution in [2.45, 2.75) is 32.1 Å². The normalized spacial score (nSPS) is 13.7. The van der Waals surface area contributed by atoms with Crippen LogP contribution in [0, 0.1) is 0 Å². The highest BCUT2D eigenvalue weighted by Crippen LogP contribution is 2.38. The fraction of sp³-hybridized carbons (Fsp3) is 0.250. The van der Waals surface area contributed by atoms with Crippen molar-refractivity contribution >= 4 is 0 Å². The van der Waals surface area contributed by atoms with Crippen LogP contribution in [0.1, 0.15) is 42.6 Å². The predicted octanol–water partition coefficient (Wildman–Crippen LogP) is 6.79. The summed E-state index contributed by atoms with van der Waals surface area (Å²) in [4.78, 5) is 0. The molecule has 0 saturated heterocycles. The molecule has 0 unspecified atom stereocenters. The third kappa shape index (κ3) is 4.80. The Bertz CT molecular complexity index is 937. The van der Waals surface area contributed by atoms with Crippen LogP contribution in [0.5, 0.6) is 5.75 Å². The Morgan fingerprint density at radius 3 is 2.03 bits per heavy atom. The van der Waals surface area contributed by atoms with E-state index < -0.39 is 11.7 Å². The molecule has 3 aromatic carbocycles. The molecule has 0 saturated carbocycles. The van der Waals surface area contributed by atoms with Gasteiger partial charge in [-0.1, -0.05) is 60.7 Å². The summed E-state index contributed by atoms with van der Waals surface area (Å²) in [6.07, 6.45) is -4.35. The molecule has 0 aliphatic carbocycles. The second-order valence-electron chi connectivity index (χ2n) is 7.02. The monoisotopic (exact) mass is 399 g/mol. The number of hydrogen-bond donors (Lipinski definition) is 1. The van der Waals surface area contributed by atoms with Gasteiger partial charge in [-0.2, -0.15) is 13.2 Å². The summed E-state index contributed by atoms with van der Waals surface area (Å²) in [6, 6.07) is 21.1. The molecule has 0 bridgehead atoms. The highest BCUT2D eigenvalue weighted by Gasteiger charge is 2.30. The van der Waals surface area contributed by atoms with Crippen molar-refractivity contribution in [2.75, 3.05) is 7.11 Å². The number of rotatable bonds is 6. The predicted molar refractivity (Wildman–Crippen MR) is 110 cm³/mol. The average molecular weight is 399 g/mol. The smallest absolute Gasteiger partial charge is 0.416 e. The summed E-state index contributed by atoms with van der Waals surface area (Å²) in [5, 5.41) is 3.57. The van der Waals surface area contributed by atoms with Crippen LogP contribution < -0.4 is 10.1 Å². The van der Waals surface area contributed by atoms with Gasteiger partial charge in [-0.3, -0.25) is 0 Å². The van der Waals surface area contributed by atoms with E-state index in [1.165, 1.54) is 17.7 Å². The maximum atomic E-state index is 12.9. The standard InChI is InChI=1S/C24H24F3NO/c1-16(18-8-5-4-6-9-18)28-17(2)21-10-7-11-22(23(21)29-3)19-12-14-20(15-13-19)24(25,26)27/h4-17,28H,1-3H3/t16-,17-/m1/s1. The molecule has 152 valence electrons. The Balaban J connectivity index is 1.89. The van der Waals surface area contributed by atoms with Crippen molar-refractivity contribution in [2.24, 2.45) is 0 Å². The highest BCUT2D eigenvalue weighted by atomic mass is 19.4. The zero-order valence-corrected chi connectivity index (χ0v) is 16.6. The average Bonchev–Trinajstić information content (AvgIpc) is 2.73. The number of para-hydroxylation sites is 1. The maximum absolute atomic E-state index is 12.9. The van der Waals surface area contributed by atoms with Crippen molar-refractivity contribution < 1.29 is 17.9 Å². The fourth-order valence-corrected chi connectivity index (χ4v) is 3.49. The SMILES string of the molecule is COc1c(-c2ccc(C(F)(F)F)cc2)cccc1[C@@H](C)N[C@H](C)c1ccccc1. The van der Waals surface area contributed by atoms with Gasteiger partial charge < -0.3 is 10.1 Å². The van der Waals surface area contributed by atoms with Crippen LogP contribution in [-0.2, 0) is 6.18 Å². The summed E-state index contributed by atoms with van der Waals surface area (Å²) in [5.41, 5.74) is 2.91. The minimum atomic E-state index is -4.35. The second-order valence-corrected chi connectivity index (χ2v) is 7.02. The molecule has 1 N–H and O–H groups in total. The van der Waals surface area contributed by atoms with Gasteiger partial charge in [0.05, 0.1) is 12.7 Å². The summed E-state index contributed by atoms with van der Waals surface area (Å²) < 4.78 is 44.3. The molecule has 3 rings (SSSR count). The van der Waals surface area contributed by atoms with E-state index in [-0.39, 0.29) is 12.1 Å². The number of nitrogens with one attached hydrogen (secondary N) is 1. The van der Waals surface area contributed by atoms with Crippen LogP contribution in [0.25, 0.3) is 11.1 Å². The maximum Gasteiger partial charge on any atom is 0.416 e. The van der Waals surface area contributed by atoms with Crippen molar-refractivity contribution in [3.8, 4) is 16.9 Å². The van der Waals surface area contributed by atoms with E-state index in [9.17, 15) is 13.2 Å². The molecule has 2 atom stereocenters. The lowest BCUT2D eigenvalue weighted by Crippen LogP contribution is -2.23. The largest absolute Gasteiger partial charge is 0.496 e. The van der Waals surface area contributed by atoms with Gasteiger partial charge in [0.1, 0.15) is 5.75 Å². The van der Waals surface area contributed by atoms with Crippen molar-refractivity contribution in [1.29, 1.82) is 0 Å². The summed E-state index contributed by atoms with van der Waals surface area (Å²) >= 11 is 0. The molecule has 5 heteroatoms. The first-order valence-electron chi connectivity index (χ1n) is 9.46. The van der Waals surface area contributed by atoms with Crippen molar-refractivity contribution in [3.63, 3.8) is 0 Å². The van der Waals surface area contributed by atoms with E-state index in [4.69, 9.17) is 4.74 Å². The Morgan fingerprint density at radius 1 is 0.793 bits per heavy atom. The lowest BCUT2D eigenvalue weighted by molar-refractivity contribution is -0.137. The highest BCUT2D eigenvalue weighted by molar-refractivity contribution is 5.72. The molecule has 3 aromatic rings. The molecular formula is C24H24F3NO. The van der Waals surface area contributed by atoms with Crippen LogP contribution in [0.15, 0.2) is 72.8 Å². The first kappa shape index (κ1) is 20.9. The molecule has 0 aromatic heterocycles. The van der Waals surface area contributed by atoms with Gasteiger partial charge in [0, 0.05) is 23.2 Å². The molecule has 0 amide bonds. The van der Waals surface area contributed by atoms with Gasteiger partial charge in [-0.15, -0.1) is 0 Å². The molecule has 0 fully saturated rings. The molecule has 0 aliphatic rings. The van der Waals surface area contributed by atoms with E-state index in [2.05, 4.69) is 24.4 Å². The lowest BCUT2D eigenvalue weighted by Gasteiger charge is -2.24. The van der Waals surface area contributed by atoms with Gasteiger partial charge in [0.25, 0.3) is 0 Å². The van der Waals surface area contributed by atoms with Crippen LogP contribution in [0.2, 0.25) is 0 Å².